The average Bonchev–Trinajstić information content (AvgIpc) is 2.98. The van der Waals surface area contributed by atoms with Gasteiger partial charge in [0, 0.05) is 0 Å². The molecule has 0 fully saturated rings. The molecule has 0 bridgehead atoms. The van der Waals surface area contributed by atoms with Gasteiger partial charge < -0.3 is 0 Å². The SMILES string of the molecule is C(=C(c1ccccc1)c1ccccc1)c1cc(-c2ccccc2)c2ccccc2c1Cc1ccccc1. The van der Waals surface area contributed by atoms with E-state index in [1.165, 1.54) is 55.3 Å². The van der Waals surface area contributed by atoms with Crippen molar-refractivity contribution in [3.05, 3.63) is 179 Å². The summed E-state index contributed by atoms with van der Waals surface area (Å²) < 4.78 is 0. The molecular formula is C37H28. The summed E-state index contributed by atoms with van der Waals surface area (Å²) in [6, 6.07) is 54.2. The van der Waals surface area contributed by atoms with E-state index >= 15 is 0 Å². The Morgan fingerprint density at radius 1 is 0.486 bits per heavy atom. The maximum atomic E-state index is 2.39. The molecule has 6 aromatic carbocycles. The van der Waals surface area contributed by atoms with E-state index in [1.807, 2.05) is 0 Å². The molecule has 0 aliphatic rings. The van der Waals surface area contributed by atoms with Crippen molar-refractivity contribution < 1.29 is 0 Å². The second-order valence-electron chi connectivity index (χ2n) is 9.36. The highest BCUT2D eigenvalue weighted by atomic mass is 14.2. The first-order valence-electron chi connectivity index (χ1n) is 12.8. The van der Waals surface area contributed by atoms with Crippen molar-refractivity contribution in [2.75, 3.05) is 0 Å². The Morgan fingerprint density at radius 2 is 0.973 bits per heavy atom. The van der Waals surface area contributed by atoms with E-state index in [2.05, 4.69) is 158 Å². The third kappa shape index (κ3) is 4.87. The van der Waals surface area contributed by atoms with Gasteiger partial charge in [0.2, 0.25) is 0 Å². The molecule has 6 aromatic rings. The number of hydrogen-bond donors (Lipinski definition) is 0. The molecular weight excluding hydrogens is 444 g/mol. The van der Waals surface area contributed by atoms with Crippen LogP contribution < -0.4 is 0 Å². The summed E-state index contributed by atoms with van der Waals surface area (Å²) in [7, 11) is 0. The quantitative estimate of drug-likeness (QED) is 0.212. The van der Waals surface area contributed by atoms with E-state index in [9.17, 15) is 0 Å². The lowest BCUT2D eigenvalue weighted by atomic mass is 9.86. The molecule has 6 rings (SSSR count). The topological polar surface area (TPSA) is 0 Å². The van der Waals surface area contributed by atoms with Crippen LogP contribution in [0.4, 0.5) is 0 Å². The van der Waals surface area contributed by atoms with Crippen LogP contribution >= 0.6 is 0 Å². The zero-order valence-corrected chi connectivity index (χ0v) is 20.7. The first-order chi connectivity index (χ1) is 18.4. The molecule has 0 N–H and O–H groups in total. The Balaban J connectivity index is 1.66. The van der Waals surface area contributed by atoms with Gasteiger partial charge in [-0.1, -0.05) is 146 Å². The van der Waals surface area contributed by atoms with Crippen LogP contribution in [0.3, 0.4) is 0 Å². The van der Waals surface area contributed by atoms with E-state index < -0.39 is 0 Å². The first kappa shape index (κ1) is 22.8. The molecule has 0 aliphatic heterocycles. The largest absolute Gasteiger partial charge is 0.0622 e. The minimum absolute atomic E-state index is 0.874. The van der Waals surface area contributed by atoms with Gasteiger partial charge in [-0.15, -0.1) is 0 Å². The van der Waals surface area contributed by atoms with Crippen LogP contribution in [-0.2, 0) is 6.42 Å². The number of fused-ring (bicyclic) bond motifs is 1. The molecule has 0 heteroatoms. The van der Waals surface area contributed by atoms with Crippen LogP contribution in [0.1, 0.15) is 27.8 Å². The van der Waals surface area contributed by atoms with Gasteiger partial charge in [0.05, 0.1) is 0 Å². The Kier molecular flexibility index (Phi) is 6.47. The molecule has 0 unspecified atom stereocenters. The summed E-state index contributed by atoms with van der Waals surface area (Å²) in [6.45, 7) is 0. The van der Waals surface area contributed by atoms with Gasteiger partial charge in [0.1, 0.15) is 0 Å². The average molecular weight is 473 g/mol. The van der Waals surface area contributed by atoms with Gasteiger partial charge in [-0.05, 0) is 73.9 Å². The highest BCUT2D eigenvalue weighted by Gasteiger charge is 2.15. The van der Waals surface area contributed by atoms with Crippen molar-refractivity contribution in [3.63, 3.8) is 0 Å². The summed E-state index contributed by atoms with van der Waals surface area (Å²) in [5.74, 6) is 0. The first-order valence-corrected chi connectivity index (χ1v) is 12.8. The molecule has 0 nitrogen and oxygen atoms in total. The lowest BCUT2D eigenvalue weighted by molar-refractivity contribution is 1.21. The molecule has 176 valence electrons. The molecule has 0 saturated heterocycles. The van der Waals surface area contributed by atoms with Gasteiger partial charge in [-0.25, -0.2) is 0 Å². The zero-order chi connectivity index (χ0) is 24.9. The van der Waals surface area contributed by atoms with Gasteiger partial charge in [-0.2, -0.15) is 0 Å². The Morgan fingerprint density at radius 3 is 1.57 bits per heavy atom. The highest BCUT2D eigenvalue weighted by Crippen LogP contribution is 2.37. The van der Waals surface area contributed by atoms with Crippen molar-refractivity contribution in [1.82, 2.24) is 0 Å². The van der Waals surface area contributed by atoms with Crippen LogP contribution in [-0.4, -0.2) is 0 Å². The molecule has 0 aromatic heterocycles. The molecule has 0 amide bonds. The van der Waals surface area contributed by atoms with Crippen molar-refractivity contribution in [1.29, 1.82) is 0 Å². The summed E-state index contributed by atoms with van der Waals surface area (Å²) >= 11 is 0. The van der Waals surface area contributed by atoms with Crippen LogP contribution in [0.15, 0.2) is 152 Å². The van der Waals surface area contributed by atoms with E-state index in [0.717, 1.165) is 6.42 Å². The maximum absolute atomic E-state index is 2.39. The monoisotopic (exact) mass is 472 g/mol. The molecule has 0 aliphatic carbocycles. The van der Waals surface area contributed by atoms with Crippen LogP contribution in [0.5, 0.6) is 0 Å². The molecule has 0 radical (unpaired) electrons. The molecule has 0 saturated carbocycles. The minimum Gasteiger partial charge on any atom is -0.0622 e. The fraction of sp³-hybridized carbons (Fsp3) is 0.0270. The van der Waals surface area contributed by atoms with Crippen LogP contribution in [0.2, 0.25) is 0 Å². The Bertz CT molecular complexity index is 1600. The third-order valence-electron chi connectivity index (χ3n) is 6.97. The second-order valence-corrected chi connectivity index (χ2v) is 9.36. The fourth-order valence-electron chi connectivity index (χ4n) is 5.16. The van der Waals surface area contributed by atoms with E-state index in [-0.39, 0.29) is 0 Å². The smallest absolute Gasteiger partial charge is 0.00137 e. The number of hydrogen-bond acceptors (Lipinski definition) is 0. The molecule has 0 spiro atoms. The predicted octanol–water partition coefficient (Wildman–Crippen LogP) is 9.69. The highest BCUT2D eigenvalue weighted by molar-refractivity contribution is 6.03. The predicted molar refractivity (Wildman–Crippen MR) is 158 cm³/mol. The van der Waals surface area contributed by atoms with Gasteiger partial charge in [0.25, 0.3) is 0 Å². The van der Waals surface area contributed by atoms with Gasteiger partial charge in [-0.3, -0.25) is 0 Å². The van der Waals surface area contributed by atoms with Gasteiger partial charge in [0.15, 0.2) is 0 Å². The standard InChI is InChI=1S/C37H28/c1-5-15-28(16-6-1)25-36-32(26-35(29-17-7-2-8-18-29)30-19-9-3-10-20-30)27-37(31-21-11-4-12-22-31)34-24-14-13-23-33(34)36/h1-24,26-27H,25H2. The van der Waals surface area contributed by atoms with Crippen molar-refractivity contribution >= 4 is 22.4 Å². The summed E-state index contributed by atoms with van der Waals surface area (Å²) in [6.07, 6.45) is 3.26. The van der Waals surface area contributed by atoms with Crippen molar-refractivity contribution in [3.8, 4) is 11.1 Å². The van der Waals surface area contributed by atoms with Crippen molar-refractivity contribution in [2.24, 2.45) is 0 Å². The second kappa shape index (κ2) is 10.5. The fourth-order valence-corrected chi connectivity index (χ4v) is 5.16. The van der Waals surface area contributed by atoms with E-state index in [0.29, 0.717) is 0 Å². The lowest BCUT2D eigenvalue weighted by Gasteiger charge is -2.18. The lowest BCUT2D eigenvalue weighted by Crippen LogP contribution is -1.97. The summed E-state index contributed by atoms with van der Waals surface area (Å²) in [5, 5.41) is 2.59. The Labute approximate surface area is 219 Å². The zero-order valence-electron chi connectivity index (χ0n) is 20.7. The van der Waals surface area contributed by atoms with E-state index in [1.54, 1.807) is 0 Å². The third-order valence-corrected chi connectivity index (χ3v) is 6.97. The van der Waals surface area contributed by atoms with Crippen molar-refractivity contribution in [2.45, 2.75) is 6.42 Å². The summed E-state index contributed by atoms with van der Waals surface area (Å²) in [5.41, 5.74) is 10.1. The van der Waals surface area contributed by atoms with Gasteiger partial charge >= 0.3 is 0 Å². The minimum atomic E-state index is 0.874. The Hall–Kier alpha value is -4.68. The molecule has 0 heterocycles. The number of benzene rings is 6. The van der Waals surface area contributed by atoms with E-state index in [4.69, 9.17) is 0 Å². The maximum Gasteiger partial charge on any atom is -0.00137 e. The van der Waals surface area contributed by atoms with Crippen LogP contribution in [0.25, 0.3) is 33.5 Å². The summed E-state index contributed by atoms with van der Waals surface area (Å²) in [4.78, 5) is 0. The van der Waals surface area contributed by atoms with Crippen LogP contribution in [0, 0.1) is 0 Å². The number of rotatable bonds is 6. The normalized spacial score (nSPS) is 10.8. The molecule has 37 heavy (non-hydrogen) atoms. The molecule has 0 atom stereocenters.